The molecule has 0 spiro atoms. The fraction of sp³-hybridized carbons (Fsp3) is 0.500. The van der Waals surface area contributed by atoms with Crippen molar-refractivity contribution in [2.24, 2.45) is 23.3 Å². The third-order valence-electron chi connectivity index (χ3n) is 11.6. The summed E-state index contributed by atoms with van der Waals surface area (Å²) in [6, 6.07) is 12.1. The minimum absolute atomic E-state index is 0.0122. The lowest BCUT2D eigenvalue weighted by Gasteiger charge is -2.25. The van der Waals surface area contributed by atoms with E-state index in [1.54, 1.807) is 62.4 Å². The molecule has 25 heteroatoms. The Balaban J connectivity index is 1.43. The molecule has 0 aliphatic rings. The summed E-state index contributed by atoms with van der Waals surface area (Å²) < 4.78 is 0. The summed E-state index contributed by atoms with van der Waals surface area (Å²) in [5, 5.41) is 64.7. The SMILES string of the molecule is CC(C)[C@@H](CNC(=O)N[C@H](CNC(=O)N[C@@H](C)CNC(=O)N[C@H](CNC(=O)N[C@H](CNC(N)=O)Cc1ccc(O)cc1)C(C)C)Cc1ccc(O)cc1)NC(=O)NC[C@H](C)NC(=O)NC[C@@H](N)Cc1ccc(O)cc1. The molecular formula is C50H79N15O10. The van der Waals surface area contributed by atoms with Crippen LogP contribution >= 0.6 is 0 Å². The number of carbonyl (C=O) groups excluding carboxylic acids is 7. The Morgan fingerprint density at radius 2 is 0.680 bits per heavy atom. The van der Waals surface area contributed by atoms with E-state index in [1.165, 1.54) is 24.3 Å². The van der Waals surface area contributed by atoms with Crippen molar-refractivity contribution in [1.29, 1.82) is 0 Å². The quantitative estimate of drug-likeness (QED) is 0.0490. The van der Waals surface area contributed by atoms with Crippen LogP contribution in [-0.4, -0.2) is 146 Å². The lowest BCUT2D eigenvalue weighted by molar-refractivity contribution is 0.222. The molecule has 0 aliphatic heterocycles. The Morgan fingerprint density at radius 1 is 0.387 bits per heavy atom. The molecule has 0 saturated carbocycles. The van der Waals surface area contributed by atoms with E-state index < -0.39 is 78.5 Å². The summed E-state index contributed by atoms with van der Waals surface area (Å²) >= 11 is 0. The van der Waals surface area contributed by atoms with Gasteiger partial charge in [-0.15, -0.1) is 0 Å². The molecule has 0 aromatic heterocycles. The second kappa shape index (κ2) is 32.2. The van der Waals surface area contributed by atoms with Crippen molar-refractivity contribution in [2.75, 3.05) is 45.8 Å². The van der Waals surface area contributed by atoms with Gasteiger partial charge in [0.15, 0.2) is 0 Å². The molecule has 25 nitrogen and oxygen atoms in total. The molecule has 3 aromatic carbocycles. The Morgan fingerprint density at radius 3 is 1.04 bits per heavy atom. The number of hydrogen-bond acceptors (Lipinski definition) is 11. The summed E-state index contributed by atoms with van der Waals surface area (Å²) in [5.41, 5.74) is 13.9. The van der Waals surface area contributed by atoms with E-state index in [2.05, 4.69) is 69.1 Å². The van der Waals surface area contributed by atoms with Crippen LogP contribution in [0.15, 0.2) is 72.8 Å². The zero-order valence-electron chi connectivity index (χ0n) is 43.5. The van der Waals surface area contributed by atoms with Crippen LogP contribution in [0.25, 0.3) is 0 Å². The van der Waals surface area contributed by atoms with E-state index in [0.29, 0.717) is 12.8 Å². The number of benzene rings is 3. The highest BCUT2D eigenvalue weighted by molar-refractivity contribution is 5.78. The summed E-state index contributed by atoms with van der Waals surface area (Å²) in [7, 11) is 0. The van der Waals surface area contributed by atoms with Crippen LogP contribution in [0.2, 0.25) is 0 Å². The van der Waals surface area contributed by atoms with E-state index in [0.717, 1.165) is 16.7 Å². The first-order chi connectivity index (χ1) is 35.5. The van der Waals surface area contributed by atoms with Crippen molar-refractivity contribution in [2.45, 2.75) is 103 Å². The monoisotopic (exact) mass is 1050 g/mol. The maximum absolute atomic E-state index is 13.3. The molecule has 0 bridgehead atoms. The number of carbonyl (C=O) groups is 7. The number of nitrogens with one attached hydrogen (secondary N) is 13. The van der Waals surface area contributed by atoms with Gasteiger partial charge in [0.1, 0.15) is 17.2 Å². The number of urea groups is 7. The van der Waals surface area contributed by atoms with Crippen molar-refractivity contribution in [1.82, 2.24) is 69.1 Å². The Kier molecular flexibility index (Phi) is 26.3. The van der Waals surface area contributed by atoms with Crippen molar-refractivity contribution in [3.05, 3.63) is 89.5 Å². The molecule has 20 N–H and O–H groups in total. The van der Waals surface area contributed by atoms with Gasteiger partial charge in [-0.25, -0.2) is 33.6 Å². The minimum Gasteiger partial charge on any atom is -0.508 e. The molecule has 0 aliphatic carbocycles. The zero-order chi connectivity index (χ0) is 55.5. The average molecular weight is 1050 g/mol. The standard InChI is InChI=1S/C50H79N15O10/c1-29(2)42(27-58-47(72)62-37(25-53-44(52)69)20-34-9-15-40(67)16-10-34)64-50(75)55-23-32(6)61-46(71)57-26-38(21-35-11-17-41(68)18-12-35)63-48(73)59-28-43(30(3)4)65-49(74)54-22-31(5)60-45(70)56-24-36(51)19-33-7-13-39(66)14-8-33/h7-18,29-32,36-38,42-43,66-68H,19-28,51H2,1-6H3,(H3,52,53,69)(H2,54,65,74)(H2,55,64,75)(H2,56,60,70)(H2,57,61,71)(H2,58,62,72)(H2,59,63,73)/t31-,32-,36-,37-,38-,42+,43+/m0/s1. The summed E-state index contributed by atoms with van der Waals surface area (Å²) in [6.45, 7) is 11.4. The number of nitrogens with two attached hydrogens (primary N) is 2. The number of phenolic OH excluding ortho intramolecular Hbond substituents is 3. The van der Waals surface area contributed by atoms with Gasteiger partial charge < -0.3 is 95.9 Å². The van der Waals surface area contributed by atoms with Crippen LogP contribution in [0.3, 0.4) is 0 Å². The van der Waals surface area contributed by atoms with Crippen LogP contribution in [0.5, 0.6) is 17.2 Å². The predicted molar refractivity (Wildman–Crippen MR) is 284 cm³/mol. The van der Waals surface area contributed by atoms with Crippen molar-refractivity contribution in [3.63, 3.8) is 0 Å². The molecule has 0 heterocycles. The molecule has 0 unspecified atom stereocenters. The molecule has 3 aromatic rings. The highest BCUT2D eigenvalue weighted by Gasteiger charge is 2.23. The van der Waals surface area contributed by atoms with Gasteiger partial charge in [-0.3, -0.25) is 0 Å². The summed E-state index contributed by atoms with van der Waals surface area (Å²) in [5.74, 6) is 0.106. The van der Waals surface area contributed by atoms with Crippen LogP contribution in [0.4, 0.5) is 33.6 Å². The second-order valence-corrected chi connectivity index (χ2v) is 19.1. The molecule has 0 saturated heterocycles. The van der Waals surface area contributed by atoms with E-state index in [9.17, 15) is 48.9 Å². The first-order valence-corrected chi connectivity index (χ1v) is 24.9. The number of hydrogen-bond donors (Lipinski definition) is 18. The summed E-state index contributed by atoms with van der Waals surface area (Å²) in [4.78, 5) is 88.9. The number of rotatable bonds is 28. The number of amides is 14. The molecule has 14 amide bonds. The Hall–Kier alpha value is -8.09. The van der Waals surface area contributed by atoms with Gasteiger partial charge in [-0.1, -0.05) is 64.1 Å². The zero-order valence-corrected chi connectivity index (χ0v) is 43.5. The largest absolute Gasteiger partial charge is 0.508 e. The first-order valence-electron chi connectivity index (χ1n) is 24.9. The number of phenols is 3. The highest BCUT2D eigenvalue weighted by Crippen LogP contribution is 2.14. The van der Waals surface area contributed by atoms with Gasteiger partial charge in [0.05, 0.1) is 24.2 Å². The van der Waals surface area contributed by atoms with Crippen LogP contribution in [-0.2, 0) is 19.3 Å². The number of aromatic hydroxyl groups is 3. The Labute approximate surface area is 438 Å². The molecule has 75 heavy (non-hydrogen) atoms. The van der Waals surface area contributed by atoms with Crippen molar-refractivity contribution < 1.29 is 48.9 Å². The minimum atomic E-state index is -0.753. The van der Waals surface area contributed by atoms with E-state index in [4.69, 9.17) is 11.5 Å². The maximum Gasteiger partial charge on any atom is 0.315 e. The van der Waals surface area contributed by atoms with E-state index >= 15 is 0 Å². The average Bonchev–Trinajstić information content (AvgIpc) is 3.35. The van der Waals surface area contributed by atoms with Gasteiger partial charge in [-0.05, 0) is 98.0 Å². The van der Waals surface area contributed by atoms with Crippen LogP contribution in [0, 0.1) is 11.8 Å². The van der Waals surface area contributed by atoms with Crippen molar-refractivity contribution in [3.8, 4) is 17.2 Å². The van der Waals surface area contributed by atoms with Crippen LogP contribution in [0.1, 0.15) is 58.2 Å². The second-order valence-electron chi connectivity index (χ2n) is 19.1. The normalized spacial score (nSPS) is 13.7. The molecule has 7 atom stereocenters. The van der Waals surface area contributed by atoms with Gasteiger partial charge in [-0.2, -0.15) is 0 Å². The van der Waals surface area contributed by atoms with Crippen LogP contribution < -0.4 is 80.6 Å². The topological polar surface area (TPSA) is 389 Å². The van der Waals surface area contributed by atoms with Gasteiger partial charge in [0, 0.05) is 63.9 Å². The lowest BCUT2D eigenvalue weighted by Crippen LogP contribution is -2.56. The molecule has 414 valence electrons. The van der Waals surface area contributed by atoms with E-state index in [1.807, 2.05) is 27.7 Å². The molecular weight excluding hydrogens is 971 g/mol. The fourth-order valence-electron chi connectivity index (χ4n) is 7.22. The third-order valence-corrected chi connectivity index (χ3v) is 11.6. The highest BCUT2D eigenvalue weighted by atomic mass is 16.3. The Bertz CT molecular complexity index is 2260. The van der Waals surface area contributed by atoms with Gasteiger partial charge >= 0.3 is 42.2 Å². The molecule has 0 radical (unpaired) electrons. The molecule has 0 fully saturated rings. The fourth-order valence-corrected chi connectivity index (χ4v) is 7.22. The molecule has 3 rings (SSSR count). The third kappa shape index (κ3) is 26.4. The predicted octanol–water partition coefficient (Wildman–Crippen LogP) is 1.19. The van der Waals surface area contributed by atoms with Gasteiger partial charge in [0.25, 0.3) is 0 Å². The first kappa shape index (κ1) is 61.2. The van der Waals surface area contributed by atoms with Crippen molar-refractivity contribution >= 4 is 42.2 Å². The maximum atomic E-state index is 13.3. The lowest BCUT2D eigenvalue weighted by atomic mass is 10.0. The summed E-state index contributed by atoms with van der Waals surface area (Å²) in [6.07, 6.45) is 1.10. The smallest absolute Gasteiger partial charge is 0.315 e. The van der Waals surface area contributed by atoms with E-state index in [-0.39, 0.29) is 87.4 Å². The number of primary amides is 1. The van der Waals surface area contributed by atoms with Gasteiger partial charge in [0.2, 0.25) is 0 Å².